The molecule has 5 heterocycles. The quantitative estimate of drug-likeness (QED) is 0.477. The normalized spacial score (nSPS) is 21.1. The van der Waals surface area contributed by atoms with Gasteiger partial charge in [0.25, 0.3) is 0 Å². The van der Waals surface area contributed by atoms with E-state index < -0.39 is 10.0 Å². The third-order valence-electron chi connectivity index (χ3n) is 6.57. The number of nitrogens with zero attached hydrogens (tertiary/aromatic N) is 6. The topological polar surface area (TPSA) is 132 Å². The van der Waals surface area contributed by atoms with Crippen LogP contribution in [0.4, 0.5) is 11.8 Å². The summed E-state index contributed by atoms with van der Waals surface area (Å²) < 4.78 is 25.7. The van der Waals surface area contributed by atoms with Crippen LogP contribution in [0.15, 0.2) is 24.7 Å². The molecular weight excluding hydrogens is 454 g/mol. The van der Waals surface area contributed by atoms with E-state index in [2.05, 4.69) is 37.5 Å². The molecule has 3 N–H and O–H groups in total. The Labute approximate surface area is 200 Å². The number of anilines is 2. The molecule has 0 aromatic carbocycles. The second-order valence-electron chi connectivity index (χ2n) is 9.25. The fraction of sp³-hybridized carbons (Fsp3) is 0.545. The summed E-state index contributed by atoms with van der Waals surface area (Å²) in [5, 5.41) is 6.98. The van der Waals surface area contributed by atoms with Crippen molar-refractivity contribution < 1.29 is 9.84 Å². The largest absolute Gasteiger partial charge is 0.365 e. The monoisotopic (exact) mass is 487 g/mol. The molecule has 0 bridgehead atoms. The zero-order valence-corrected chi connectivity index (χ0v) is 20.3. The van der Waals surface area contributed by atoms with Crippen molar-refractivity contribution in [2.24, 2.45) is 0 Å². The summed E-state index contributed by atoms with van der Waals surface area (Å²) in [6.07, 6.45) is 10.3. The second kappa shape index (κ2) is 9.43. The minimum absolute atomic E-state index is 0. The van der Waals surface area contributed by atoms with Crippen molar-refractivity contribution in [3.63, 3.8) is 0 Å². The molecule has 0 saturated carbocycles. The molecule has 2 aliphatic rings. The first kappa shape index (κ1) is 22.9. The maximum atomic E-state index is 12.1. The fourth-order valence-corrected chi connectivity index (χ4v) is 5.51. The van der Waals surface area contributed by atoms with Crippen LogP contribution in [0.3, 0.4) is 0 Å². The Morgan fingerprint density at radius 2 is 1.88 bits per heavy atom. The van der Waals surface area contributed by atoms with Crippen molar-refractivity contribution in [3.8, 4) is 11.3 Å². The number of H-pyrrole nitrogens is 1. The van der Waals surface area contributed by atoms with Crippen LogP contribution in [0.5, 0.6) is 0 Å². The molecule has 2 saturated heterocycles. The van der Waals surface area contributed by atoms with E-state index in [-0.39, 0.29) is 7.47 Å². The van der Waals surface area contributed by atoms with Crippen LogP contribution in [-0.4, -0.2) is 94.1 Å². The Kier molecular flexibility index (Phi) is 6.36. The molecule has 1 atom stereocenters. The predicted molar refractivity (Wildman–Crippen MR) is 134 cm³/mol. The Hall–Kier alpha value is -2.83. The third kappa shape index (κ3) is 5.13. The van der Waals surface area contributed by atoms with Gasteiger partial charge in [0, 0.05) is 39.0 Å². The number of piperidine rings is 2. The minimum Gasteiger partial charge on any atom is -0.365 e. The van der Waals surface area contributed by atoms with Gasteiger partial charge in [0.15, 0.2) is 5.65 Å². The first-order valence-electron chi connectivity index (χ1n) is 11.7. The van der Waals surface area contributed by atoms with Crippen molar-refractivity contribution in [2.45, 2.75) is 37.8 Å². The number of likely N-dealkylation sites (tertiary alicyclic amines) is 1. The molecule has 3 aromatic rings. The third-order valence-corrected chi connectivity index (χ3v) is 7.84. The summed E-state index contributed by atoms with van der Waals surface area (Å²) in [4.78, 5) is 24.0. The van der Waals surface area contributed by atoms with Crippen LogP contribution in [0.25, 0.3) is 22.4 Å². The van der Waals surface area contributed by atoms with Gasteiger partial charge in [-0.1, -0.05) is 0 Å². The van der Waals surface area contributed by atoms with Crippen LogP contribution < -0.4 is 10.6 Å². The SMILES string of the molecule is CN1CCC(Nc2ncc(-c3cnc4[nH]ccc4n3)c(N[C@H]3CCCN(S(C)(=O)=O)C3)n2)CC1.[HH]. The zero-order chi connectivity index (χ0) is 23.7. The summed E-state index contributed by atoms with van der Waals surface area (Å²) in [5.41, 5.74) is 2.88. The number of fused-ring (bicyclic) bond motifs is 1. The lowest BCUT2D eigenvalue weighted by Crippen LogP contribution is -2.44. The Morgan fingerprint density at radius 1 is 1.06 bits per heavy atom. The lowest BCUT2D eigenvalue weighted by Gasteiger charge is -2.32. The van der Waals surface area contributed by atoms with Gasteiger partial charge in [0.2, 0.25) is 16.0 Å². The molecule has 184 valence electrons. The molecule has 0 aliphatic carbocycles. The molecule has 0 radical (unpaired) electrons. The molecule has 0 spiro atoms. The highest BCUT2D eigenvalue weighted by atomic mass is 32.2. The van der Waals surface area contributed by atoms with Crippen LogP contribution in [0.1, 0.15) is 27.1 Å². The van der Waals surface area contributed by atoms with Gasteiger partial charge in [-0.25, -0.2) is 27.7 Å². The zero-order valence-electron chi connectivity index (χ0n) is 19.5. The summed E-state index contributed by atoms with van der Waals surface area (Å²) in [7, 11) is -1.11. The van der Waals surface area contributed by atoms with E-state index in [1.807, 2.05) is 6.07 Å². The van der Waals surface area contributed by atoms with Gasteiger partial charge < -0.3 is 20.5 Å². The van der Waals surface area contributed by atoms with Crippen LogP contribution in [-0.2, 0) is 10.0 Å². The summed E-state index contributed by atoms with van der Waals surface area (Å²) in [6.45, 7) is 3.03. The number of aromatic nitrogens is 5. The van der Waals surface area contributed by atoms with E-state index in [1.165, 1.54) is 10.6 Å². The second-order valence-corrected chi connectivity index (χ2v) is 11.2. The lowest BCUT2D eigenvalue weighted by atomic mass is 10.1. The van der Waals surface area contributed by atoms with Crippen molar-refractivity contribution in [1.82, 2.24) is 34.1 Å². The molecular formula is C22H33N9O2S. The first-order chi connectivity index (χ1) is 16.3. The maximum absolute atomic E-state index is 12.1. The number of rotatable bonds is 6. The molecule has 0 unspecified atom stereocenters. The Balaban J connectivity index is 0.00000289. The smallest absolute Gasteiger partial charge is 0.224 e. The van der Waals surface area contributed by atoms with Crippen LogP contribution >= 0.6 is 0 Å². The highest BCUT2D eigenvalue weighted by Crippen LogP contribution is 2.28. The van der Waals surface area contributed by atoms with E-state index in [0.29, 0.717) is 36.6 Å². The van der Waals surface area contributed by atoms with E-state index in [9.17, 15) is 8.42 Å². The summed E-state index contributed by atoms with van der Waals surface area (Å²) >= 11 is 0. The van der Waals surface area contributed by atoms with Crippen molar-refractivity contribution in [3.05, 3.63) is 24.7 Å². The van der Waals surface area contributed by atoms with E-state index in [4.69, 9.17) is 9.97 Å². The van der Waals surface area contributed by atoms with Crippen molar-refractivity contribution >= 4 is 33.0 Å². The molecule has 2 fully saturated rings. The van der Waals surface area contributed by atoms with E-state index >= 15 is 0 Å². The van der Waals surface area contributed by atoms with Gasteiger partial charge in [-0.05, 0) is 51.9 Å². The number of nitrogens with one attached hydrogen (secondary N) is 3. The van der Waals surface area contributed by atoms with Gasteiger partial charge >= 0.3 is 0 Å². The number of hydrogen-bond acceptors (Lipinski definition) is 9. The number of aromatic amines is 1. The predicted octanol–water partition coefficient (Wildman–Crippen LogP) is 2.00. The molecule has 0 amide bonds. The lowest BCUT2D eigenvalue weighted by molar-refractivity contribution is 0.263. The number of hydrogen-bond donors (Lipinski definition) is 3. The highest BCUT2D eigenvalue weighted by Gasteiger charge is 2.27. The molecule has 12 heteroatoms. The average Bonchev–Trinajstić information content (AvgIpc) is 3.28. The van der Waals surface area contributed by atoms with E-state index in [1.54, 1.807) is 18.6 Å². The van der Waals surface area contributed by atoms with Crippen LogP contribution in [0, 0.1) is 0 Å². The van der Waals surface area contributed by atoms with E-state index in [0.717, 1.165) is 55.5 Å². The minimum atomic E-state index is -3.24. The van der Waals surface area contributed by atoms with Gasteiger partial charge in [-0.15, -0.1) is 0 Å². The van der Waals surface area contributed by atoms with Gasteiger partial charge in [0.1, 0.15) is 11.3 Å². The summed E-state index contributed by atoms with van der Waals surface area (Å²) in [6, 6.07) is 2.14. The van der Waals surface area contributed by atoms with Crippen LogP contribution in [0.2, 0.25) is 0 Å². The summed E-state index contributed by atoms with van der Waals surface area (Å²) in [5.74, 6) is 1.20. The Bertz CT molecular complexity index is 1260. The molecule has 11 nitrogen and oxygen atoms in total. The number of sulfonamides is 1. The van der Waals surface area contributed by atoms with Gasteiger partial charge in [0.05, 0.1) is 23.7 Å². The Morgan fingerprint density at radius 3 is 2.68 bits per heavy atom. The standard InChI is InChI=1S/C22H31N9O2S.H2/c1-30-10-6-15(7-11-30)27-22-25-12-17(19-13-24-21-18(28-19)5-8-23-21)20(29-22)26-16-4-3-9-31(14-16)34(2,32)33;/h5,8,12-13,15-16H,3-4,6-7,9-11,14H2,1-2H3,(H,23,24)(H2,25,26,27,29);1H/t16-;/m0./s1. The fourth-order valence-electron chi connectivity index (χ4n) is 4.60. The first-order valence-corrected chi connectivity index (χ1v) is 13.5. The van der Waals surface area contributed by atoms with Crippen molar-refractivity contribution in [2.75, 3.05) is 50.1 Å². The average molecular weight is 488 g/mol. The highest BCUT2D eigenvalue weighted by molar-refractivity contribution is 7.88. The van der Waals surface area contributed by atoms with Gasteiger partial charge in [-0.2, -0.15) is 4.98 Å². The molecule has 34 heavy (non-hydrogen) atoms. The molecule has 2 aliphatic heterocycles. The molecule has 5 rings (SSSR count). The van der Waals surface area contributed by atoms with Crippen molar-refractivity contribution in [1.29, 1.82) is 0 Å². The van der Waals surface area contributed by atoms with Gasteiger partial charge in [-0.3, -0.25) is 0 Å². The molecule has 3 aromatic heterocycles. The maximum Gasteiger partial charge on any atom is 0.224 e.